The van der Waals surface area contributed by atoms with Gasteiger partial charge in [-0.25, -0.2) is 4.98 Å². The highest BCUT2D eigenvalue weighted by Gasteiger charge is 2.28. The van der Waals surface area contributed by atoms with Crippen LogP contribution in [0.3, 0.4) is 0 Å². The van der Waals surface area contributed by atoms with Gasteiger partial charge in [-0.1, -0.05) is 31.1 Å². The van der Waals surface area contributed by atoms with Crippen LogP contribution in [0.5, 0.6) is 0 Å². The summed E-state index contributed by atoms with van der Waals surface area (Å²) in [7, 11) is 0. The monoisotopic (exact) mass is 446 g/mol. The van der Waals surface area contributed by atoms with E-state index in [-0.39, 0.29) is 35.9 Å². The molecule has 2 N–H and O–H groups in total. The van der Waals surface area contributed by atoms with E-state index in [1.807, 2.05) is 6.92 Å². The Morgan fingerprint density at radius 1 is 1.23 bits per heavy atom. The highest BCUT2D eigenvalue weighted by atomic mass is 32.1. The highest BCUT2D eigenvalue weighted by molar-refractivity contribution is 7.22. The van der Waals surface area contributed by atoms with Gasteiger partial charge in [0.2, 0.25) is 11.8 Å². The molecule has 2 aliphatic rings. The number of anilines is 1. The van der Waals surface area contributed by atoms with E-state index in [4.69, 9.17) is 0 Å². The van der Waals surface area contributed by atoms with Crippen molar-refractivity contribution in [3.05, 3.63) is 16.7 Å². The summed E-state index contributed by atoms with van der Waals surface area (Å²) >= 11 is 1.29. The van der Waals surface area contributed by atoms with Crippen molar-refractivity contribution in [3.63, 3.8) is 0 Å². The maximum atomic E-state index is 12.9. The minimum absolute atomic E-state index is 0.0328. The second kappa shape index (κ2) is 9.76. The van der Waals surface area contributed by atoms with Crippen LogP contribution in [-0.4, -0.2) is 52.0 Å². The average Bonchev–Trinajstić information content (AvgIpc) is 3.44. The van der Waals surface area contributed by atoms with Crippen LogP contribution in [0.2, 0.25) is 0 Å². The summed E-state index contributed by atoms with van der Waals surface area (Å²) < 4.78 is 1.80. The predicted octanol–water partition coefficient (Wildman–Crippen LogP) is 1.65. The van der Waals surface area contributed by atoms with Crippen molar-refractivity contribution in [2.75, 3.05) is 24.5 Å². The molecule has 9 nitrogen and oxygen atoms in total. The number of nitrogens with one attached hydrogen (secondary N) is 2. The molecule has 1 aliphatic heterocycles. The molecule has 0 aromatic carbocycles. The molecule has 1 aliphatic carbocycles. The summed E-state index contributed by atoms with van der Waals surface area (Å²) in [5, 5.41) is 6.69. The minimum Gasteiger partial charge on any atom is -0.356 e. The van der Waals surface area contributed by atoms with Crippen molar-refractivity contribution < 1.29 is 9.59 Å². The second-order valence-electron chi connectivity index (χ2n) is 8.45. The Labute approximate surface area is 185 Å². The first kappa shape index (κ1) is 21.7. The van der Waals surface area contributed by atoms with Crippen LogP contribution in [0.4, 0.5) is 5.13 Å². The van der Waals surface area contributed by atoms with Gasteiger partial charge in [0.25, 0.3) is 5.56 Å². The van der Waals surface area contributed by atoms with E-state index in [9.17, 15) is 14.4 Å². The van der Waals surface area contributed by atoms with E-state index in [0.29, 0.717) is 28.6 Å². The molecule has 3 heterocycles. The molecule has 2 aromatic rings. The molecule has 1 atom stereocenters. The van der Waals surface area contributed by atoms with Gasteiger partial charge in [-0.05, 0) is 32.1 Å². The molecule has 10 heteroatoms. The van der Waals surface area contributed by atoms with E-state index >= 15 is 0 Å². The smallest absolute Gasteiger partial charge is 0.273 e. The van der Waals surface area contributed by atoms with Crippen LogP contribution in [0.25, 0.3) is 10.3 Å². The molecule has 0 unspecified atom stereocenters. The van der Waals surface area contributed by atoms with Crippen molar-refractivity contribution in [3.8, 4) is 0 Å². The maximum Gasteiger partial charge on any atom is 0.273 e. The van der Waals surface area contributed by atoms with Crippen LogP contribution in [0.1, 0.15) is 51.9 Å². The van der Waals surface area contributed by atoms with Gasteiger partial charge >= 0.3 is 0 Å². The lowest BCUT2D eigenvalue weighted by atomic mass is 9.97. The lowest BCUT2D eigenvalue weighted by Gasteiger charge is -2.31. The number of piperidine rings is 1. The molecule has 1 saturated carbocycles. The number of rotatable bonds is 7. The number of carbonyl (C=O) groups is 2. The molecule has 0 bridgehead atoms. The Hall–Kier alpha value is -2.49. The van der Waals surface area contributed by atoms with Gasteiger partial charge in [0.05, 0.1) is 5.92 Å². The topological polar surface area (TPSA) is 109 Å². The maximum absolute atomic E-state index is 12.9. The number of fused-ring (bicyclic) bond motifs is 1. The van der Waals surface area contributed by atoms with Crippen LogP contribution in [0, 0.1) is 5.92 Å². The molecule has 0 spiro atoms. The third-order valence-electron chi connectivity index (χ3n) is 6.02. The van der Waals surface area contributed by atoms with Crippen molar-refractivity contribution in [2.24, 2.45) is 5.92 Å². The number of amides is 2. The van der Waals surface area contributed by atoms with Crippen molar-refractivity contribution in [1.82, 2.24) is 25.2 Å². The first-order valence-corrected chi connectivity index (χ1v) is 12.0. The van der Waals surface area contributed by atoms with Crippen LogP contribution < -0.4 is 21.1 Å². The lowest BCUT2D eigenvalue weighted by molar-refractivity contribution is -0.125. The zero-order chi connectivity index (χ0) is 21.8. The molecule has 1 saturated heterocycles. The molecule has 0 radical (unpaired) electrons. The molecule has 2 amide bonds. The zero-order valence-corrected chi connectivity index (χ0v) is 18.7. The number of hydrogen-bond donors (Lipinski definition) is 2. The Bertz CT molecular complexity index is 997. The van der Waals surface area contributed by atoms with E-state index in [1.54, 1.807) is 0 Å². The highest BCUT2D eigenvalue weighted by Crippen LogP contribution is 2.29. The number of thiazole rings is 1. The number of hydrogen-bond acceptors (Lipinski definition) is 7. The van der Waals surface area contributed by atoms with E-state index in [1.165, 1.54) is 22.2 Å². The fourth-order valence-corrected chi connectivity index (χ4v) is 5.34. The standard InChI is InChI=1S/C21H30N6O3S/c1-2-9-22-19(29)14-6-5-10-26(11-14)21-25-18-17(31-21)20(30)27(13-23-18)12-16(28)24-15-7-3-4-8-15/h13-15H,2-12H2,1H3,(H,22,29)(H,24,28)/t14-/m1/s1. The van der Waals surface area contributed by atoms with Gasteiger partial charge in [-0.3, -0.25) is 19.0 Å². The molecule has 168 valence electrons. The first-order chi connectivity index (χ1) is 15.0. The molecule has 31 heavy (non-hydrogen) atoms. The Kier molecular flexibility index (Phi) is 6.84. The first-order valence-electron chi connectivity index (χ1n) is 11.2. The summed E-state index contributed by atoms with van der Waals surface area (Å²) in [5.74, 6) is -0.144. The molecular formula is C21H30N6O3S. The van der Waals surface area contributed by atoms with Gasteiger partial charge in [-0.15, -0.1) is 0 Å². The van der Waals surface area contributed by atoms with Crippen molar-refractivity contribution >= 4 is 38.6 Å². The number of nitrogens with zero attached hydrogens (tertiary/aromatic N) is 4. The fourth-order valence-electron chi connectivity index (χ4n) is 4.34. The third kappa shape index (κ3) is 5.06. The Balaban J connectivity index is 1.46. The Morgan fingerprint density at radius 2 is 2.03 bits per heavy atom. The summed E-state index contributed by atoms with van der Waals surface area (Å²) in [5.41, 5.74) is 0.152. The van der Waals surface area contributed by atoms with Gasteiger partial charge < -0.3 is 15.5 Å². The van der Waals surface area contributed by atoms with Crippen LogP contribution in [-0.2, 0) is 16.1 Å². The van der Waals surface area contributed by atoms with Gasteiger partial charge in [0.1, 0.15) is 17.6 Å². The third-order valence-corrected chi connectivity index (χ3v) is 7.11. The summed E-state index contributed by atoms with van der Waals surface area (Å²) in [6, 6.07) is 0.219. The zero-order valence-electron chi connectivity index (χ0n) is 17.9. The minimum atomic E-state index is -0.246. The second-order valence-corrected chi connectivity index (χ2v) is 9.43. The lowest BCUT2D eigenvalue weighted by Crippen LogP contribution is -2.43. The van der Waals surface area contributed by atoms with Crippen LogP contribution >= 0.6 is 11.3 Å². The van der Waals surface area contributed by atoms with Crippen molar-refractivity contribution in [1.29, 1.82) is 0 Å². The molecular weight excluding hydrogens is 416 g/mol. The van der Waals surface area contributed by atoms with Crippen molar-refractivity contribution in [2.45, 2.75) is 64.5 Å². The quantitative estimate of drug-likeness (QED) is 0.669. The SMILES string of the molecule is CCCNC(=O)[C@@H]1CCCN(c2nc3ncn(CC(=O)NC4CCCC4)c(=O)c3s2)C1. The summed E-state index contributed by atoms with van der Waals surface area (Å²) in [4.78, 5) is 48.5. The Morgan fingerprint density at radius 3 is 2.81 bits per heavy atom. The average molecular weight is 447 g/mol. The van der Waals surface area contributed by atoms with Gasteiger partial charge in [0.15, 0.2) is 10.8 Å². The number of carbonyl (C=O) groups excluding carboxylic acids is 2. The van der Waals surface area contributed by atoms with E-state index < -0.39 is 0 Å². The largest absolute Gasteiger partial charge is 0.356 e. The molecule has 2 fully saturated rings. The summed E-state index contributed by atoms with van der Waals surface area (Å²) in [6.07, 6.45) is 8.36. The van der Waals surface area contributed by atoms with Gasteiger partial charge in [0, 0.05) is 25.7 Å². The van der Waals surface area contributed by atoms with E-state index in [0.717, 1.165) is 51.5 Å². The van der Waals surface area contributed by atoms with Crippen LogP contribution in [0.15, 0.2) is 11.1 Å². The fraction of sp³-hybridized carbons (Fsp3) is 0.667. The van der Waals surface area contributed by atoms with Gasteiger partial charge in [-0.2, -0.15) is 4.98 Å². The normalized spacial score (nSPS) is 19.6. The number of aromatic nitrogens is 3. The summed E-state index contributed by atoms with van der Waals surface area (Å²) in [6.45, 7) is 4.08. The van der Waals surface area contributed by atoms with E-state index in [2.05, 4.69) is 25.5 Å². The molecule has 4 rings (SSSR count). The predicted molar refractivity (Wildman–Crippen MR) is 120 cm³/mol. The molecule has 2 aromatic heterocycles.